The molecule has 1 atom stereocenters. The Hall–Kier alpha value is -3.05. The van der Waals surface area contributed by atoms with Crippen LogP contribution in [0.4, 0.5) is 19.3 Å². The highest BCUT2D eigenvalue weighted by atomic mass is 32.2. The van der Waals surface area contributed by atoms with E-state index in [0.717, 1.165) is 26.2 Å². The van der Waals surface area contributed by atoms with Crippen LogP contribution in [-0.4, -0.2) is 41.5 Å². The van der Waals surface area contributed by atoms with Crippen LogP contribution in [-0.2, 0) is 0 Å². The van der Waals surface area contributed by atoms with Crippen LogP contribution in [0.25, 0.3) is 10.9 Å². The number of nitrogens with one attached hydrogen (secondary N) is 2. The van der Waals surface area contributed by atoms with Gasteiger partial charge in [-0.25, -0.2) is 13.6 Å². The van der Waals surface area contributed by atoms with Gasteiger partial charge in [-0.2, -0.15) is 0 Å². The SMILES string of the molecule is COc1cc2nccc(SC3=NCC(NC(=O)Nc4ccc(F)cc4F)S3)c2cc1OC. The first-order chi connectivity index (χ1) is 15.5. The Morgan fingerprint density at radius 3 is 2.69 bits per heavy atom. The Bertz CT molecular complexity index is 1210. The summed E-state index contributed by atoms with van der Waals surface area (Å²) in [5.41, 5.74) is 0.654. The second-order valence-electron chi connectivity index (χ2n) is 6.57. The van der Waals surface area contributed by atoms with Crippen LogP contribution in [0.1, 0.15) is 0 Å². The molecule has 1 unspecified atom stereocenters. The number of aliphatic imine (C=N–C) groups is 1. The van der Waals surface area contributed by atoms with Gasteiger partial charge in [0.15, 0.2) is 11.5 Å². The molecule has 3 aromatic rings. The van der Waals surface area contributed by atoms with Gasteiger partial charge in [0.1, 0.15) is 21.4 Å². The van der Waals surface area contributed by atoms with E-state index in [0.29, 0.717) is 24.1 Å². The lowest BCUT2D eigenvalue weighted by Gasteiger charge is -2.13. The monoisotopic (exact) mass is 476 g/mol. The number of carbonyl (C=O) groups excluding carboxylic acids is 1. The molecule has 2 heterocycles. The zero-order valence-electron chi connectivity index (χ0n) is 17.0. The van der Waals surface area contributed by atoms with Gasteiger partial charge in [-0.1, -0.05) is 23.5 Å². The molecule has 2 aromatic carbocycles. The van der Waals surface area contributed by atoms with E-state index in [-0.39, 0.29) is 11.1 Å². The highest BCUT2D eigenvalue weighted by molar-refractivity contribution is 8.39. The lowest BCUT2D eigenvalue weighted by molar-refractivity contribution is 0.251. The highest BCUT2D eigenvalue weighted by Crippen LogP contribution is 2.39. The van der Waals surface area contributed by atoms with Crippen LogP contribution in [0.3, 0.4) is 0 Å². The molecule has 0 saturated carbocycles. The topological polar surface area (TPSA) is 84.8 Å². The fourth-order valence-electron chi connectivity index (χ4n) is 3.01. The van der Waals surface area contributed by atoms with E-state index in [4.69, 9.17) is 9.47 Å². The predicted octanol–water partition coefficient (Wildman–Crippen LogP) is 4.87. The summed E-state index contributed by atoms with van der Waals surface area (Å²) >= 11 is 2.84. The van der Waals surface area contributed by atoms with Crippen molar-refractivity contribution in [2.75, 3.05) is 26.1 Å². The number of urea groups is 1. The largest absolute Gasteiger partial charge is 0.493 e. The number of thioether (sulfide) groups is 2. The van der Waals surface area contributed by atoms with Crippen LogP contribution in [0.15, 0.2) is 52.5 Å². The minimum atomic E-state index is -0.844. The number of anilines is 1. The third kappa shape index (κ3) is 4.89. The number of amides is 2. The average Bonchev–Trinajstić information content (AvgIpc) is 3.21. The van der Waals surface area contributed by atoms with Crippen molar-refractivity contribution in [3.05, 3.63) is 54.2 Å². The number of pyridine rings is 1. The molecule has 4 rings (SSSR count). The summed E-state index contributed by atoms with van der Waals surface area (Å²) < 4.78 is 38.2. The van der Waals surface area contributed by atoms with Gasteiger partial charge < -0.3 is 20.1 Å². The summed E-state index contributed by atoms with van der Waals surface area (Å²) in [7, 11) is 3.14. The number of ether oxygens (including phenoxy) is 2. The molecule has 0 spiro atoms. The van der Waals surface area contributed by atoms with E-state index in [1.165, 1.54) is 29.6 Å². The molecule has 0 fully saturated rings. The van der Waals surface area contributed by atoms with Crippen molar-refractivity contribution in [1.82, 2.24) is 10.3 Å². The van der Waals surface area contributed by atoms with Crippen molar-refractivity contribution in [3.8, 4) is 11.5 Å². The molecule has 1 aliphatic heterocycles. The maximum absolute atomic E-state index is 13.7. The fourth-order valence-corrected chi connectivity index (χ4v) is 5.26. The Morgan fingerprint density at radius 2 is 1.94 bits per heavy atom. The lowest BCUT2D eigenvalue weighted by atomic mass is 10.2. The highest BCUT2D eigenvalue weighted by Gasteiger charge is 2.23. The standard InChI is InChI=1S/C21H18F2N4O3S2/c1-29-16-8-12-15(9-17(16)30-2)24-6-5-18(12)31-21-25-10-19(32-21)27-20(28)26-14-4-3-11(22)7-13(14)23/h3-9,19H,10H2,1-2H3,(H2,26,27,28). The van der Waals surface area contributed by atoms with Crippen LogP contribution in [0.2, 0.25) is 0 Å². The van der Waals surface area contributed by atoms with Gasteiger partial charge in [0.25, 0.3) is 0 Å². The first kappa shape index (κ1) is 22.2. The third-order valence-electron chi connectivity index (χ3n) is 4.50. The normalized spacial score (nSPS) is 15.4. The second-order valence-corrected chi connectivity index (χ2v) is 9.05. The number of halogens is 2. The Kier molecular flexibility index (Phi) is 6.66. The number of hydrogen-bond acceptors (Lipinski definition) is 7. The molecule has 0 aliphatic carbocycles. The molecule has 2 N–H and O–H groups in total. The summed E-state index contributed by atoms with van der Waals surface area (Å²) in [6.45, 7) is 0.368. The van der Waals surface area contributed by atoms with E-state index >= 15 is 0 Å². The lowest BCUT2D eigenvalue weighted by Crippen LogP contribution is -2.36. The van der Waals surface area contributed by atoms with Crippen LogP contribution in [0.5, 0.6) is 11.5 Å². The van der Waals surface area contributed by atoms with Crippen molar-refractivity contribution in [3.63, 3.8) is 0 Å². The molecule has 0 radical (unpaired) electrons. The van der Waals surface area contributed by atoms with Gasteiger partial charge in [-0.05, 0) is 24.3 Å². The van der Waals surface area contributed by atoms with Crippen LogP contribution >= 0.6 is 23.5 Å². The predicted molar refractivity (Wildman–Crippen MR) is 123 cm³/mol. The number of hydrogen-bond donors (Lipinski definition) is 2. The van der Waals surface area contributed by atoms with Crippen LogP contribution < -0.4 is 20.1 Å². The molecule has 7 nitrogen and oxygen atoms in total. The van der Waals surface area contributed by atoms with Gasteiger partial charge >= 0.3 is 6.03 Å². The maximum Gasteiger partial charge on any atom is 0.320 e. The maximum atomic E-state index is 13.7. The first-order valence-electron chi connectivity index (χ1n) is 9.39. The Labute approximate surface area is 191 Å². The molecule has 166 valence electrons. The van der Waals surface area contributed by atoms with Crippen molar-refractivity contribution in [1.29, 1.82) is 0 Å². The number of nitrogens with zero attached hydrogens (tertiary/aromatic N) is 2. The molecule has 1 aromatic heterocycles. The van der Waals surface area contributed by atoms with E-state index in [1.54, 1.807) is 20.4 Å². The molecule has 0 saturated heterocycles. The van der Waals surface area contributed by atoms with Crippen molar-refractivity contribution in [2.45, 2.75) is 10.3 Å². The van der Waals surface area contributed by atoms with Gasteiger partial charge in [0.2, 0.25) is 0 Å². The number of methoxy groups -OCH3 is 2. The van der Waals surface area contributed by atoms with Gasteiger partial charge in [0.05, 0.1) is 32.0 Å². The Morgan fingerprint density at radius 1 is 1.16 bits per heavy atom. The summed E-state index contributed by atoms with van der Waals surface area (Å²) in [6, 6.07) is 7.91. The molecule has 1 aliphatic rings. The smallest absolute Gasteiger partial charge is 0.320 e. The quantitative estimate of drug-likeness (QED) is 0.547. The molecular weight excluding hydrogens is 458 g/mol. The summed E-state index contributed by atoms with van der Waals surface area (Å²) in [5, 5.41) is 5.68. The number of rotatable bonds is 5. The van der Waals surface area contributed by atoms with Gasteiger partial charge in [-0.3, -0.25) is 9.98 Å². The van der Waals surface area contributed by atoms with Gasteiger partial charge in [0, 0.05) is 28.6 Å². The van der Waals surface area contributed by atoms with E-state index < -0.39 is 17.7 Å². The molecule has 11 heteroatoms. The first-order valence-corrected chi connectivity index (χ1v) is 11.1. The molecule has 0 bridgehead atoms. The van der Waals surface area contributed by atoms with E-state index in [1.807, 2.05) is 18.2 Å². The van der Waals surface area contributed by atoms with Crippen molar-refractivity contribution in [2.24, 2.45) is 4.99 Å². The van der Waals surface area contributed by atoms with E-state index in [9.17, 15) is 13.6 Å². The number of aromatic nitrogens is 1. The average molecular weight is 477 g/mol. The van der Waals surface area contributed by atoms with Crippen molar-refractivity contribution >= 4 is 50.5 Å². The number of carbonyl (C=O) groups is 1. The molecular formula is C21H18F2N4O3S2. The Balaban J connectivity index is 1.41. The molecule has 32 heavy (non-hydrogen) atoms. The molecule has 2 amide bonds. The van der Waals surface area contributed by atoms with E-state index in [2.05, 4.69) is 20.6 Å². The fraction of sp³-hybridized carbons (Fsp3) is 0.190. The minimum Gasteiger partial charge on any atom is -0.493 e. The van der Waals surface area contributed by atoms with Crippen molar-refractivity contribution < 1.29 is 23.0 Å². The zero-order chi connectivity index (χ0) is 22.7. The summed E-state index contributed by atoms with van der Waals surface area (Å²) in [5.74, 6) is -0.367. The zero-order valence-corrected chi connectivity index (χ0v) is 18.7. The number of fused-ring (bicyclic) bond motifs is 1. The number of benzene rings is 2. The van der Waals surface area contributed by atoms with Gasteiger partial charge in [-0.15, -0.1) is 0 Å². The summed E-state index contributed by atoms with van der Waals surface area (Å²) in [6.07, 6.45) is 1.71. The second kappa shape index (κ2) is 9.61. The summed E-state index contributed by atoms with van der Waals surface area (Å²) in [4.78, 5) is 22.0. The van der Waals surface area contributed by atoms with Crippen LogP contribution in [0, 0.1) is 11.6 Å². The minimum absolute atomic E-state index is 0.102. The third-order valence-corrected chi connectivity index (χ3v) is 6.81.